The average molecular weight is 288 g/mol. The molecule has 0 aliphatic carbocycles. The minimum Gasteiger partial charge on any atom is -0.364 e. The molecule has 0 radical (unpaired) electrons. The monoisotopic (exact) mass is 288 g/mol. The van der Waals surface area contributed by atoms with Crippen molar-refractivity contribution >= 4 is 11.6 Å². The number of benzene rings is 1. The molecule has 0 saturated carbocycles. The molecule has 4 nitrogen and oxygen atoms in total. The maximum Gasteiger partial charge on any atom is 0.256 e. The summed E-state index contributed by atoms with van der Waals surface area (Å²) in [7, 11) is 0. The van der Waals surface area contributed by atoms with Crippen molar-refractivity contribution in [2.24, 2.45) is 5.73 Å². The lowest BCUT2D eigenvalue weighted by molar-refractivity contribution is -0.129. The summed E-state index contributed by atoms with van der Waals surface area (Å²) in [6.45, 7) is 5.51. The van der Waals surface area contributed by atoms with E-state index in [1.165, 1.54) is 16.7 Å². The summed E-state index contributed by atoms with van der Waals surface area (Å²) < 4.78 is 5.78. The van der Waals surface area contributed by atoms with Gasteiger partial charge in [-0.15, -0.1) is 0 Å². The summed E-state index contributed by atoms with van der Waals surface area (Å²) in [5.74, 6) is 0.108. The van der Waals surface area contributed by atoms with Crippen molar-refractivity contribution in [2.45, 2.75) is 51.7 Å². The van der Waals surface area contributed by atoms with Crippen molar-refractivity contribution in [1.82, 2.24) is 0 Å². The Bertz CT molecular complexity index is 556. The van der Waals surface area contributed by atoms with Gasteiger partial charge in [-0.05, 0) is 62.3 Å². The first kappa shape index (κ1) is 14.5. The second kappa shape index (κ2) is 5.78. The molecule has 1 amide bonds. The number of carbonyl (C=O) groups is 1. The van der Waals surface area contributed by atoms with Crippen molar-refractivity contribution in [2.75, 3.05) is 18.0 Å². The maximum absolute atomic E-state index is 12.8. The number of hydrogen-bond acceptors (Lipinski definition) is 3. The van der Waals surface area contributed by atoms with Crippen LogP contribution >= 0.6 is 0 Å². The average Bonchev–Trinajstić information content (AvgIpc) is 2.95. The molecule has 114 valence electrons. The van der Waals surface area contributed by atoms with Crippen LogP contribution in [0.1, 0.15) is 36.0 Å². The zero-order valence-corrected chi connectivity index (χ0v) is 12.9. The van der Waals surface area contributed by atoms with Gasteiger partial charge in [-0.1, -0.05) is 6.07 Å². The first-order valence-corrected chi connectivity index (χ1v) is 7.87. The van der Waals surface area contributed by atoms with E-state index in [2.05, 4.69) is 26.0 Å². The lowest BCUT2D eigenvalue weighted by Gasteiger charge is -2.32. The van der Waals surface area contributed by atoms with Gasteiger partial charge in [0.25, 0.3) is 5.91 Å². The summed E-state index contributed by atoms with van der Waals surface area (Å²) in [6.07, 6.45) is 3.49. The van der Waals surface area contributed by atoms with Gasteiger partial charge in [0.1, 0.15) is 6.10 Å². The molecule has 4 heteroatoms. The molecule has 2 atom stereocenters. The number of ether oxygens (including phenoxy) is 1. The quantitative estimate of drug-likeness (QED) is 0.906. The van der Waals surface area contributed by atoms with E-state index in [1.54, 1.807) is 0 Å². The predicted octanol–water partition coefficient (Wildman–Crippen LogP) is 2.09. The number of rotatable bonds is 2. The van der Waals surface area contributed by atoms with E-state index in [4.69, 9.17) is 10.5 Å². The molecule has 1 fully saturated rings. The second-order valence-corrected chi connectivity index (χ2v) is 6.23. The number of carbonyl (C=O) groups excluding carboxylic acids is 1. The second-order valence-electron chi connectivity index (χ2n) is 6.23. The molecule has 2 N–H and O–H groups in total. The molecule has 2 aliphatic rings. The van der Waals surface area contributed by atoms with Crippen LogP contribution < -0.4 is 10.6 Å². The van der Waals surface area contributed by atoms with E-state index >= 15 is 0 Å². The van der Waals surface area contributed by atoms with Gasteiger partial charge < -0.3 is 15.4 Å². The van der Waals surface area contributed by atoms with Gasteiger partial charge in [0.2, 0.25) is 0 Å². The highest BCUT2D eigenvalue weighted by atomic mass is 16.5. The molecule has 1 aromatic rings. The van der Waals surface area contributed by atoms with Crippen LogP contribution in [-0.4, -0.2) is 31.2 Å². The molecular formula is C17H24N2O2. The van der Waals surface area contributed by atoms with Crippen LogP contribution in [0.15, 0.2) is 12.1 Å². The highest BCUT2D eigenvalue weighted by molar-refractivity contribution is 5.98. The minimum atomic E-state index is -0.315. The number of fused-ring (bicyclic) bond motifs is 1. The Morgan fingerprint density at radius 1 is 1.38 bits per heavy atom. The van der Waals surface area contributed by atoms with E-state index in [9.17, 15) is 4.79 Å². The zero-order valence-electron chi connectivity index (χ0n) is 12.9. The summed E-state index contributed by atoms with van der Waals surface area (Å²) in [4.78, 5) is 14.7. The lowest BCUT2D eigenvalue weighted by atomic mass is 9.94. The molecule has 0 bridgehead atoms. The van der Waals surface area contributed by atoms with E-state index in [-0.39, 0.29) is 18.1 Å². The number of amides is 1. The first-order valence-electron chi connectivity index (χ1n) is 7.87. The Hall–Kier alpha value is -1.39. The van der Waals surface area contributed by atoms with Crippen LogP contribution in [0.4, 0.5) is 5.69 Å². The fourth-order valence-electron chi connectivity index (χ4n) is 3.54. The van der Waals surface area contributed by atoms with E-state index < -0.39 is 0 Å². The van der Waals surface area contributed by atoms with Crippen molar-refractivity contribution in [3.05, 3.63) is 28.8 Å². The molecule has 1 saturated heterocycles. The third-order valence-corrected chi connectivity index (χ3v) is 4.60. The molecule has 2 aliphatic heterocycles. The smallest absolute Gasteiger partial charge is 0.256 e. The summed E-state index contributed by atoms with van der Waals surface area (Å²) in [5, 5.41) is 0. The Morgan fingerprint density at radius 3 is 2.90 bits per heavy atom. The minimum absolute atomic E-state index is 0.0439. The Morgan fingerprint density at radius 2 is 2.19 bits per heavy atom. The molecular weight excluding hydrogens is 264 g/mol. The number of nitrogens with two attached hydrogens (primary N) is 1. The Balaban J connectivity index is 1.86. The van der Waals surface area contributed by atoms with Gasteiger partial charge >= 0.3 is 0 Å². The van der Waals surface area contributed by atoms with Crippen molar-refractivity contribution in [1.29, 1.82) is 0 Å². The highest BCUT2D eigenvalue weighted by Crippen LogP contribution is 2.33. The molecule has 3 rings (SSSR count). The van der Waals surface area contributed by atoms with E-state index in [1.807, 2.05) is 4.90 Å². The van der Waals surface area contributed by atoms with Gasteiger partial charge in [-0.25, -0.2) is 0 Å². The van der Waals surface area contributed by atoms with E-state index in [0.29, 0.717) is 6.54 Å². The van der Waals surface area contributed by atoms with Crippen molar-refractivity contribution in [3.8, 4) is 0 Å². The van der Waals surface area contributed by atoms with Gasteiger partial charge in [0, 0.05) is 18.8 Å². The lowest BCUT2D eigenvalue weighted by Crippen LogP contribution is -2.42. The summed E-state index contributed by atoms with van der Waals surface area (Å²) in [5.41, 5.74) is 10.5. The van der Waals surface area contributed by atoms with Gasteiger partial charge in [-0.3, -0.25) is 4.79 Å². The zero-order chi connectivity index (χ0) is 15.0. The Kier molecular flexibility index (Phi) is 4.00. The van der Waals surface area contributed by atoms with Gasteiger partial charge in [-0.2, -0.15) is 0 Å². The standard InChI is InChI=1S/C17H24N2O2/c1-11-8-12(2)14-4-3-7-19(15(14)9-11)17(20)16-6-5-13(10-18)21-16/h8-9,13,16H,3-7,10,18H2,1-2H3/t13-,16+/m1/s1. The largest absolute Gasteiger partial charge is 0.364 e. The van der Waals surface area contributed by atoms with Crippen LogP contribution in [0.25, 0.3) is 0 Å². The topological polar surface area (TPSA) is 55.6 Å². The SMILES string of the molecule is Cc1cc(C)c2c(c1)N(C(=O)[C@@H]1CC[C@H](CN)O1)CCC2. The normalized spacial score (nSPS) is 25.0. The summed E-state index contributed by atoms with van der Waals surface area (Å²) >= 11 is 0. The highest BCUT2D eigenvalue weighted by Gasteiger charge is 2.35. The number of nitrogens with zero attached hydrogens (tertiary/aromatic N) is 1. The van der Waals surface area contributed by atoms with Crippen molar-refractivity contribution in [3.63, 3.8) is 0 Å². The van der Waals surface area contributed by atoms with E-state index in [0.717, 1.165) is 37.9 Å². The maximum atomic E-state index is 12.8. The van der Waals surface area contributed by atoms with Gasteiger partial charge in [0.05, 0.1) is 6.10 Å². The third kappa shape index (κ3) is 2.70. The fraction of sp³-hybridized carbons (Fsp3) is 0.588. The molecule has 0 spiro atoms. The van der Waals surface area contributed by atoms with Gasteiger partial charge in [0.15, 0.2) is 0 Å². The number of hydrogen-bond donors (Lipinski definition) is 1. The molecule has 21 heavy (non-hydrogen) atoms. The van der Waals surface area contributed by atoms with Crippen LogP contribution in [0.2, 0.25) is 0 Å². The molecule has 0 aromatic heterocycles. The fourth-order valence-corrected chi connectivity index (χ4v) is 3.54. The van der Waals surface area contributed by atoms with Crippen molar-refractivity contribution < 1.29 is 9.53 Å². The molecule has 0 unspecified atom stereocenters. The van der Waals surface area contributed by atoms with Crippen LogP contribution in [0.5, 0.6) is 0 Å². The van der Waals surface area contributed by atoms with Crippen LogP contribution in [0, 0.1) is 13.8 Å². The number of anilines is 1. The molecule has 1 aromatic carbocycles. The van der Waals surface area contributed by atoms with Crippen LogP contribution in [0.3, 0.4) is 0 Å². The summed E-state index contributed by atoms with van der Waals surface area (Å²) in [6, 6.07) is 4.33. The van der Waals surface area contributed by atoms with Crippen LogP contribution in [-0.2, 0) is 16.0 Å². The predicted molar refractivity (Wildman–Crippen MR) is 83.5 cm³/mol. The Labute approximate surface area is 126 Å². The first-order chi connectivity index (χ1) is 10.1. The molecule has 2 heterocycles. The third-order valence-electron chi connectivity index (χ3n) is 4.60. The number of aryl methyl sites for hydroxylation is 2.